The highest BCUT2D eigenvalue weighted by molar-refractivity contribution is 9.09. The molecule has 1 unspecified atom stereocenters. The van der Waals surface area contributed by atoms with Gasteiger partial charge >= 0.3 is 6.18 Å². The molecule has 0 aromatic heterocycles. The Morgan fingerprint density at radius 2 is 1.75 bits per heavy atom. The summed E-state index contributed by atoms with van der Waals surface area (Å²) < 4.78 is 36.9. The molecule has 1 aromatic rings. The van der Waals surface area contributed by atoms with Crippen LogP contribution in [0.4, 0.5) is 13.2 Å². The Kier molecular flexibility index (Phi) is 3.29. The number of hydrogen-bond donors (Lipinski definition) is 0. The second kappa shape index (κ2) is 4.40. The van der Waals surface area contributed by atoms with Gasteiger partial charge in [-0.3, -0.25) is 0 Å². The molecule has 1 aliphatic rings. The van der Waals surface area contributed by atoms with E-state index in [1.165, 1.54) is 12.8 Å². The van der Waals surface area contributed by atoms with E-state index in [-0.39, 0.29) is 0 Å². The van der Waals surface area contributed by atoms with Crippen molar-refractivity contribution in [2.24, 2.45) is 5.92 Å². The molecule has 4 heteroatoms. The van der Waals surface area contributed by atoms with Crippen LogP contribution in [0.25, 0.3) is 0 Å². The zero-order chi connectivity index (χ0) is 11.8. The minimum absolute atomic E-state index is 0.407. The summed E-state index contributed by atoms with van der Waals surface area (Å²) >= 11 is 3.58. The van der Waals surface area contributed by atoms with Gasteiger partial charge in [-0.1, -0.05) is 28.1 Å². The highest BCUT2D eigenvalue weighted by atomic mass is 79.9. The van der Waals surface area contributed by atoms with Gasteiger partial charge < -0.3 is 0 Å². The van der Waals surface area contributed by atoms with Gasteiger partial charge in [0.2, 0.25) is 0 Å². The second-order valence-corrected chi connectivity index (χ2v) is 5.43. The van der Waals surface area contributed by atoms with Crippen LogP contribution in [0.5, 0.6) is 0 Å². The molecule has 88 valence electrons. The molecule has 0 N–H and O–H groups in total. The Hall–Kier alpha value is -0.510. The first kappa shape index (κ1) is 12.0. The van der Waals surface area contributed by atoms with E-state index >= 15 is 0 Å². The van der Waals surface area contributed by atoms with Crippen LogP contribution in [0.2, 0.25) is 0 Å². The second-order valence-electron chi connectivity index (χ2n) is 4.25. The molecule has 0 saturated heterocycles. The van der Waals surface area contributed by atoms with Crippen molar-refractivity contribution in [2.45, 2.75) is 30.3 Å². The molecule has 0 aliphatic heterocycles. The van der Waals surface area contributed by atoms with E-state index in [1.807, 2.05) is 0 Å². The van der Waals surface area contributed by atoms with Gasteiger partial charge in [0.1, 0.15) is 0 Å². The number of rotatable bonds is 3. The lowest BCUT2D eigenvalue weighted by molar-refractivity contribution is -0.137. The topological polar surface area (TPSA) is 0 Å². The summed E-state index contributed by atoms with van der Waals surface area (Å²) in [6.45, 7) is 0. The van der Waals surface area contributed by atoms with Crippen LogP contribution in [-0.2, 0) is 12.6 Å². The third kappa shape index (κ3) is 3.00. The molecule has 2 rings (SSSR count). The molecule has 0 radical (unpaired) electrons. The van der Waals surface area contributed by atoms with E-state index in [0.717, 1.165) is 24.1 Å². The van der Waals surface area contributed by atoms with Crippen molar-refractivity contribution in [2.75, 3.05) is 0 Å². The van der Waals surface area contributed by atoms with Crippen molar-refractivity contribution in [3.8, 4) is 0 Å². The van der Waals surface area contributed by atoms with E-state index in [1.54, 1.807) is 12.1 Å². The van der Waals surface area contributed by atoms with Gasteiger partial charge in [-0.15, -0.1) is 0 Å². The Balaban J connectivity index is 2.01. The maximum Gasteiger partial charge on any atom is 0.416 e. The third-order valence-electron chi connectivity index (χ3n) is 2.85. The molecule has 1 saturated carbocycles. The fourth-order valence-electron chi connectivity index (χ4n) is 1.68. The summed E-state index contributed by atoms with van der Waals surface area (Å²) in [4.78, 5) is 0.407. The molecule has 1 aliphatic carbocycles. The van der Waals surface area contributed by atoms with Crippen molar-refractivity contribution < 1.29 is 13.2 Å². The normalized spacial score (nSPS) is 18.5. The summed E-state index contributed by atoms with van der Waals surface area (Å²) in [6, 6.07) is 5.45. The fourth-order valence-corrected chi connectivity index (χ4v) is 2.58. The van der Waals surface area contributed by atoms with Crippen molar-refractivity contribution in [3.05, 3.63) is 35.4 Å². The minimum atomic E-state index is -4.23. The predicted molar refractivity (Wildman–Crippen MR) is 60.6 cm³/mol. The number of alkyl halides is 4. The van der Waals surface area contributed by atoms with E-state index in [9.17, 15) is 13.2 Å². The SMILES string of the molecule is FC(F)(F)c1ccc(CC(Br)C2CC2)cc1. The monoisotopic (exact) mass is 292 g/mol. The standard InChI is InChI=1S/C12H12BrF3/c13-11(9-3-4-9)7-8-1-5-10(6-2-8)12(14,15)16/h1-2,5-6,9,11H,3-4,7H2. The minimum Gasteiger partial charge on any atom is -0.166 e. The van der Waals surface area contributed by atoms with E-state index < -0.39 is 11.7 Å². The van der Waals surface area contributed by atoms with Crippen molar-refractivity contribution in [1.82, 2.24) is 0 Å². The summed E-state index contributed by atoms with van der Waals surface area (Å²) in [7, 11) is 0. The van der Waals surface area contributed by atoms with Crippen LogP contribution < -0.4 is 0 Å². The van der Waals surface area contributed by atoms with Crippen molar-refractivity contribution in [3.63, 3.8) is 0 Å². The van der Waals surface area contributed by atoms with Crippen LogP contribution >= 0.6 is 15.9 Å². The summed E-state index contributed by atoms with van der Waals surface area (Å²) in [5, 5.41) is 0. The maximum absolute atomic E-state index is 12.3. The quantitative estimate of drug-likeness (QED) is 0.724. The Morgan fingerprint density at radius 3 is 2.19 bits per heavy atom. The third-order valence-corrected chi connectivity index (χ3v) is 3.92. The summed E-state index contributed by atoms with van der Waals surface area (Å²) in [5.41, 5.74) is 0.385. The molecule has 0 bridgehead atoms. The Labute approximate surface area is 101 Å². The zero-order valence-electron chi connectivity index (χ0n) is 8.60. The fraction of sp³-hybridized carbons (Fsp3) is 0.500. The predicted octanol–water partition coefficient (Wildman–Crippen LogP) is 4.42. The van der Waals surface area contributed by atoms with E-state index in [2.05, 4.69) is 15.9 Å². The molecule has 16 heavy (non-hydrogen) atoms. The first-order chi connectivity index (χ1) is 7.47. The summed E-state index contributed by atoms with van der Waals surface area (Å²) in [6.07, 6.45) is -0.960. The average Bonchev–Trinajstić information content (AvgIpc) is 3.00. The summed E-state index contributed by atoms with van der Waals surface area (Å²) in [5.74, 6) is 0.710. The molecule has 1 fully saturated rings. The zero-order valence-corrected chi connectivity index (χ0v) is 10.2. The van der Waals surface area contributed by atoms with Gasteiger partial charge in [-0.2, -0.15) is 13.2 Å². The highest BCUT2D eigenvalue weighted by Gasteiger charge is 2.31. The van der Waals surface area contributed by atoms with Gasteiger partial charge in [0.25, 0.3) is 0 Å². The van der Waals surface area contributed by atoms with E-state index in [0.29, 0.717) is 10.7 Å². The lowest BCUT2D eigenvalue weighted by Crippen LogP contribution is -2.07. The Bertz CT molecular complexity index is 352. The van der Waals surface area contributed by atoms with Gasteiger partial charge in [-0.25, -0.2) is 0 Å². The largest absolute Gasteiger partial charge is 0.416 e. The molecule has 0 nitrogen and oxygen atoms in total. The highest BCUT2D eigenvalue weighted by Crippen LogP contribution is 2.38. The van der Waals surface area contributed by atoms with Crippen LogP contribution in [0.15, 0.2) is 24.3 Å². The van der Waals surface area contributed by atoms with Crippen LogP contribution in [0, 0.1) is 5.92 Å². The van der Waals surface area contributed by atoms with Crippen LogP contribution in [0.1, 0.15) is 24.0 Å². The first-order valence-electron chi connectivity index (χ1n) is 5.27. The number of hydrogen-bond acceptors (Lipinski definition) is 0. The molecule has 0 spiro atoms. The lowest BCUT2D eigenvalue weighted by Gasteiger charge is -2.10. The molecule has 1 aromatic carbocycles. The smallest absolute Gasteiger partial charge is 0.166 e. The number of halogens is 4. The molecular formula is C12H12BrF3. The first-order valence-corrected chi connectivity index (χ1v) is 6.18. The molecule has 0 heterocycles. The van der Waals surface area contributed by atoms with E-state index in [4.69, 9.17) is 0 Å². The molecule has 1 atom stereocenters. The lowest BCUT2D eigenvalue weighted by atomic mass is 10.1. The number of benzene rings is 1. The average molecular weight is 293 g/mol. The van der Waals surface area contributed by atoms with Gasteiger partial charge in [0, 0.05) is 4.83 Å². The van der Waals surface area contributed by atoms with Crippen molar-refractivity contribution >= 4 is 15.9 Å². The van der Waals surface area contributed by atoms with Gasteiger partial charge in [0.15, 0.2) is 0 Å². The maximum atomic E-state index is 12.3. The molecular weight excluding hydrogens is 281 g/mol. The van der Waals surface area contributed by atoms with Crippen LogP contribution in [-0.4, -0.2) is 4.83 Å². The van der Waals surface area contributed by atoms with Crippen molar-refractivity contribution in [1.29, 1.82) is 0 Å². The van der Waals surface area contributed by atoms with Gasteiger partial charge in [0.05, 0.1) is 5.56 Å². The Morgan fingerprint density at radius 1 is 1.19 bits per heavy atom. The van der Waals surface area contributed by atoms with Gasteiger partial charge in [-0.05, 0) is 42.9 Å². The molecule has 0 amide bonds. The van der Waals surface area contributed by atoms with Crippen LogP contribution in [0.3, 0.4) is 0 Å².